The molecule has 0 aliphatic heterocycles. The molecule has 0 heterocycles. The minimum absolute atomic E-state index is 0.132. The Balaban J connectivity index is 2.61. The van der Waals surface area contributed by atoms with Crippen LogP contribution in [0.4, 0.5) is 0 Å². The van der Waals surface area contributed by atoms with E-state index in [1.165, 1.54) is 7.11 Å². The molecule has 1 aromatic carbocycles. The predicted octanol–water partition coefficient (Wildman–Crippen LogP) is 1.71. The second-order valence-corrected chi connectivity index (χ2v) is 4.66. The van der Waals surface area contributed by atoms with Crippen molar-refractivity contribution >= 4 is 23.5 Å². The van der Waals surface area contributed by atoms with Crippen LogP contribution in [0.25, 0.3) is 0 Å². The monoisotopic (exact) mass is 315 g/mol. The number of carboxylic acids is 1. The third kappa shape index (κ3) is 5.24. The van der Waals surface area contributed by atoms with E-state index in [0.717, 1.165) is 0 Å². The van der Waals surface area contributed by atoms with Crippen molar-refractivity contribution in [3.05, 3.63) is 29.3 Å². The maximum Gasteiger partial charge on any atom is 0.334 e. The number of para-hydroxylation sites is 1. The normalized spacial score (nSPS) is 13.3. The lowest BCUT2D eigenvalue weighted by Gasteiger charge is -2.19. The van der Waals surface area contributed by atoms with Gasteiger partial charge in [-0.3, -0.25) is 4.79 Å². The predicted molar refractivity (Wildman–Crippen MR) is 77.6 cm³/mol. The van der Waals surface area contributed by atoms with Crippen molar-refractivity contribution in [2.75, 3.05) is 13.7 Å². The van der Waals surface area contributed by atoms with Gasteiger partial charge in [0, 0.05) is 7.11 Å². The van der Waals surface area contributed by atoms with Gasteiger partial charge in [-0.2, -0.15) is 0 Å². The standard InChI is InChI=1S/C14H18ClNO5/c1-3-10(21-11-7-5-4-6-9(11)15)13(17)16-8-12(20-2)14(18)19/h4-7,10,12H,3,8H2,1-2H3,(H,16,17)(H,18,19). The van der Waals surface area contributed by atoms with Crippen LogP contribution in [0.5, 0.6) is 5.75 Å². The summed E-state index contributed by atoms with van der Waals surface area (Å²) in [6.07, 6.45) is -1.43. The Kier molecular flexibility index (Phi) is 6.98. The van der Waals surface area contributed by atoms with Crippen LogP contribution in [-0.4, -0.2) is 42.8 Å². The molecule has 0 aliphatic rings. The van der Waals surface area contributed by atoms with Crippen molar-refractivity contribution in [2.24, 2.45) is 0 Å². The summed E-state index contributed by atoms with van der Waals surface area (Å²) in [6, 6.07) is 6.82. The molecule has 0 fully saturated rings. The van der Waals surface area contributed by atoms with Crippen molar-refractivity contribution in [1.82, 2.24) is 5.32 Å². The number of carbonyl (C=O) groups is 2. The Labute approximate surface area is 128 Å². The molecule has 2 atom stereocenters. The highest BCUT2D eigenvalue weighted by molar-refractivity contribution is 6.32. The van der Waals surface area contributed by atoms with E-state index in [9.17, 15) is 9.59 Å². The summed E-state index contributed by atoms with van der Waals surface area (Å²) in [6.45, 7) is 1.65. The van der Waals surface area contributed by atoms with Gasteiger partial charge < -0.3 is 19.9 Å². The number of hydrogen-bond donors (Lipinski definition) is 2. The van der Waals surface area contributed by atoms with Gasteiger partial charge >= 0.3 is 5.97 Å². The van der Waals surface area contributed by atoms with Crippen LogP contribution >= 0.6 is 11.6 Å². The number of hydrogen-bond acceptors (Lipinski definition) is 4. The Morgan fingerprint density at radius 3 is 2.52 bits per heavy atom. The van der Waals surface area contributed by atoms with Crippen LogP contribution in [0.1, 0.15) is 13.3 Å². The average Bonchev–Trinajstić information content (AvgIpc) is 2.46. The van der Waals surface area contributed by atoms with Crippen LogP contribution in [0.3, 0.4) is 0 Å². The summed E-state index contributed by atoms with van der Waals surface area (Å²) >= 11 is 5.97. The summed E-state index contributed by atoms with van der Waals surface area (Å²) < 4.78 is 10.3. The van der Waals surface area contributed by atoms with Crippen LogP contribution in [-0.2, 0) is 14.3 Å². The lowest BCUT2D eigenvalue weighted by molar-refractivity contribution is -0.148. The number of benzene rings is 1. The SMILES string of the molecule is CCC(Oc1ccccc1Cl)C(=O)NCC(OC)C(=O)O. The molecule has 116 valence electrons. The minimum atomic E-state index is -1.14. The molecule has 0 bridgehead atoms. The third-order valence-corrected chi connectivity index (χ3v) is 3.10. The highest BCUT2D eigenvalue weighted by Crippen LogP contribution is 2.24. The van der Waals surface area contributed by atoms with Crippen LogP contribution in [0, 0.1) is 0 Å². The number of rotatable bonds is 8. The molecule has 0 saturated carbocycles. The fourth-order valence-corrected chi connectivity index (χ4v) is 1.77. The molecule has 0 aromatic heterocycles. The van der Waals surface area contributed by atoms with Gasteiger partial charge in [0.05, 0.1) is 11.6 Å². The maximum absolute atomic E-state index is 12.0. The van der Waals surface area contributed by atoms with Crippen molar-refractivity contribution in [3.8, 4) is 5.75 Å². The van der Waals surface area contributed by atoms with Crippen LogP contribution in [0.15, 0.2) is 24.3 Å². The third-order valence-electron chi connectivity index (χ3n) is 2.79. The van der Waals surface area contributed by atoms with Crippen molar-refractivity contribution in [3.63, 3.8) is 0 Å². The number of carbonyl (C=O) groups excluding carboxylic acids is 1. The number of ether oxygens (including phenoxy) is 2. The van der Waals surface area contributed by atoms with Gasteiger partial charge in [-0.05, 0) is 18.6 Å². The maximum atomic E-state index is 12.0. The van der Waals surface area contributed by atoms with E-state index >= 15 is 0 Å². The molecule has 21 heavy (non-hydrogen) atoms. The number of halogens is 1. The second kappa shape index (κ2) is 8.49. The fourth-order valence-electron chi connectivity index (χ4n) is 1.59. The van der Waals surface area contributed by atoms with E-state index < -0.39 is 24.1 Å². The molecule has 2 N–H and O–H groups in total. The first-order valence-electron chi connectivity index (χ1n) is 6.44. The van der Waals surface area contributed by atoms with Gasteiger partial charge in [0.1, 0.15) is 5.75 Å². The molecule has 1 rings (SSSR count). The molecule has 0 saturated heterocycles. The number of carboxylic acid groups (broad SMARTS) is 1. The van der Waals surface area contributed by atoms with E-state index in [1.54, 1.807) is 31.2 Å². The molecule has 2 unspecified atom stereocenters. The zero-order valence-corrected chi connectivity index (χ0v) is 12.6. The van der Waals surface area contributed by atoms with Gasteiger partial charge in [0.25, 0.3) is 5.91 Å². The molecule has 1 amide bonds. The van der Waals surface area contributed by atoms with E-state index in [0.29, 0.717) is 17.2 Å². The largest absolute Gasteiger partial charge is 0.479 e. The lowest BCUT2D eigenvalue weighted by Crippen LogP contribution is -2.44. The highest BCUT2D eigenvalue weighted by atomic mass is 35.5. The van der Waals surface area contributed by atoms with E-state index in [2.05, 4.69) is 5.32 Å². The second-order valence-electron chi connectivity index (χ2n) is 4.25. The fraction of sp³-hybridized carbons (Fsp3) is 0.429. The molecule has 7 heteroatoms. The van der Waals surface area contributed by atoms with Crippen LogP contribution in [0.2, 0.25) is 5.02 Å². The summed E-state index contributed by atoms with van der Waals surface area (Å²) in [5.41, 5.74) is 0. The highest BCUT2D eigenvalue weighted by Gasteiger charge is 2.22. The summed E-state index contributed by atoms with van der Waals surface area (Å²) in [5.74, 6) is -1.15. The van der Waals surface area contributed by atoms with Gasteiger partial charge in [0.15, 0.2) is 12.2 Å². The van der Waals surface area contributed by atoms with Crippen molar-refractivity contribution in [1.29, 1.82) is 0 Å². The topological polar surface area (TPSA) is 84.9 Å². The smallest absolute Gasteiger partial charge is 0.334 e. The molecule has 0 spiro atoms. The number of aliphatic carboxylic acids is 1. The zero-order valence-electron chi connectivity index (χ0n) is 11.8. The van der Waals surface area contributed by atoms with E-state index in [4.69, 9.17) is 26.2 Å². The van der Waals surface area contributed by atoms with Gasteiger partial charge in [-0.25, -0.2) is 4.79 Å². The first-order valence-corrected chi connectivity index (χ1v) is 6.81. The molecule has 6 nitrogen and oxygen atoms in total. The van der Waals surface area contributed by atoms with Crippen molar-refractivity contribution < 1.29 is 24.2 Å². The van der Waals surface area contributed by atoms with Crippen LogP contribution < -0.4 is 10.1 Å². The Morgan fingerprint density at radius 2 is 2.00 bits per heavy atom. The molecule has 0 aliphatic carbocycles. The van der Waals surface area contributed by atoms with Gasteiger partial charge in [-0.1, -0.05) is 30.7 Å². The molecule has 1 aromatic rings. The number of methoxy groups -OCH3 is 1. The van der Waals surface area contributed by atoms with Gasteiger partial charge in [0.2, 0.25) is 0 Å². The van der Waals surface area contributed by atoms with Crippen molar-refractivity contribution in [2.45, 2.75) is 25.6 Å². The van der Waals surface area contributed by atoms with E-state index in [-0.39, 0.29) is 6.54 Å². The Morgan fingerprint density at radius 1 is 1.33 bits per heavy atom. The average molecular weight is 316 g/mol. The molecular formula is C14H18ClNO5. The number of nitrogens with one attached hydrogen (secondary N) is 1. The Bertz CT molecular complexity index is 494. The summed E-state index contributed by atoms with van der Waals surface area (Å²) in [4.78, 5) is 22.8. The zero-order chi connectivity index (χ0) is 15.8. The quantitative estimate of drug-likeness (QED) is 0.763. The summed E-state index contributed by atoms with van der Waals surface area (Å²) in [7, 11) is 1.27. The molecule has 0 radical (unpaired) electrons. The Hall–Kier alpha value is -1.79. The van der Waals surface area contributed by atoms with Gasteiger partial charge in [-0.15, -0.1) is 0 Å². The number of amides is 1. The molecular weight excluding hydrogens is 298 g/mol. The summed E-state index contributed by atoms with van der Waals surface area (Å²) in [5, 5.41) is 11.7. The lowest BCUT2D eigenvalue weighted by atomic mass is 10.2. The first-order chi connectivity index (χ1) is 9.99. The first kappa shape index (κ1) is 17.3. The van der Waals surface area contributed by atoms with E-state index in [1.807, 2.05) is 0 Å². The minimum Gasteiger partial charge on any atom is -0.479 e.